The Kier molecular flexibility index (Phi) is 5.90. The van der Waals surface area contributed by atoms with Gasteiger partial charge in [0.25, 0.3) is 5.91 Å². The molecule has 1 fully saturated rings. The molecule has 0 unspecified atom stereocenters. The molecule has 1 aromatic carbocycles. The van der Waals surface area contributed by atoms with Gasteiger partial charge in [-0.3, -0.25) is 9.59 Å². The molecule has 0 aliphatic carbocycles. The van der Waals surface area contributed by atoms with Crippen molar-refractivity contribution in [2.24, 2.45) is 0 Å². The Morgan fingerprint density at radius 3 is 2.48 bits per heavy atom. The van der Waals surface area contributed by atoms with Crippen molar-refractivity contribution in [3.8, 4) is 5.75 Å². The quantitative estimate of drug-likeness (QED) is 0.877. The van der Waals surface area contributed by atoms with Crippen molar-refractivity contribution in [3.63, 3.8) is 0 Å². The van der Waals surface area contributed by atoms with Crippen LogP contribution in [0.4, 0.5) is 11.4 Å². The number of anilines is 2. The molecule has 1 aliphatic rings. The van der Waals surface area contributed by atoms with Crippen LogP contribution < -0.4 is 15.0 Å². The lowest BCUT2D eigenvalue weighted by Crippen LogP contribution is -2.48. The molecular weight excluding hydrogens is 344 g/mol. The van der Waals surface area contributed by atoms with Gasteiger partial charge in [-0.2, -0.15) is 0 Å². The SMILES string of the molecule is CCOc1ccccc1NC(=O)c1ccc(N2CCN(C(C)=O)CC2)cn1. The van der Waals surface area contributed by atoms with Crippen molar-refractivity contribution >= 4 is 23.2 Å². The number of nitrogens with one attached hydrogen (secondary N) is 1. The highest BCUT2D eigenvalue weighted by Gasteiger charge is 2.19. The zero-order chi connectivity index (χ0) is 19.2. The number of hydrogen-bond acceptors (Lipinski definition) is 5. The average Bonchev–Trinajstić information content (AvgIpc) is 2.70. The van der Waals surface area contributed by atoms with Gasteiger partial charge in [-0.25, -0.2) is 4.98 Å². The summed E-state index contributed by atoms with van der Waals surface area (Å²) >= 11 is 0. The van der Waals surface area contributed by atoms with Crippen molar-refractivity contribution in [1.82, 2.24) is 9.88 Å². The summed E-state index contributed by atoms with van der Waals surface area (Å²) < 4.78 is 5.53. The fraction of sp³-hybridized carbons (Fsp3) is 0.350. The molecule has 0 radical (unpaired) electrons. The van der Waals surface area contributed by atoms with Crippen LogP contribution in [0.25, 0.3) is 0 Å². The number of aromatic nitrogens is 1. The molecule has 142 valence electrons. The number of carbonyl (C=O) groups is 2. The second-order valence-electron chi connectivity index (χ2n) is 6.28. The Morgan fingerprint density at radius 1 is 1.11 bits per heavy atom. The van der Waals surface area contributed by atoms with E-state index in [0.29, 0.717) is 36.8 Å². The van der Waals surface area contributed by atoms with E-state index in [0.717, 1.165) is 18.8 Å². The Morgan fingerprint density at radius 2 is 1.85 bits per heavy atom. The van der Waals surface area contributed by atoms with Crippen molar-refractivity contribution < 1.29 is 14.3 Å². The molecule has 0 spiro atoms. The summed E-state index contributed by atoms with van der Waals surface area (Å²) in [6.07, 6.45) is 1.70. The maximum absolute atomic E-state index is 12.5. The van der Waals surface area contributed by atoms with E-state index in [1.807, 2.05) is 36.1 Å². The fourth-order valence-electron chi connectivity index (χ4n) is 3.02. The number of benzene rings is 1. The van der Waals surface area contributed by atoms with Crippen LogP contribution >= 0.6 is 0 Å². The van der Waals surface area contributed by atoms with Gasteiger partial charge < -0.3 is 19.9 Å². The summed E-state index contributed by atoms with van der Waals surface area (Å²) in [5.41, 5.74) is 1.91. The second-order valence-corrected chi connectivity index (χ2v) is 6.28. The number of rotatable bonds is 5. The molecule has 1 N–H and O–H groups in total. The van der Waals surface area contributed by atoms with Gasteiger partial charge in [0.1, 0.15) is 11.4 Å². The minimum Gasteiger partial charge on any atom is -0.492 e. The number of carbonyl (C=O) groups excluding carboxylic acids is 2. The lowest BCUT2D eigenvalue weighted by atomic mass is 10.2. The van der Waals surface area contributed by atoms with E-state index >= 15 is 0 Å². The largest absolute Gasteiger partial charge is 0.492 e. The zero-order valence-corrected chi connectivity index (χ0v) is 15.6. The number of piperazine rings is 1. The molecule has 1 aromatic heterocycles. The molecule has 3 rings (SSSR count). The maximum Gasteiger partial charge on any atom is 0.274 e. The standard InChI is InChI=1S/C20H24N4O3/c1-3-27-19-7-5-4-6-17(19)22-20(26)18-9-8-16(14-21-18)24-12-10-23(11-13-24)15(2)25/h4-9,14H,3,10-13H2,1-2H3,(H,22,26). The van der Waals surface area contributed by atoms with Gasteiger partial charge in [0.15, 0.2) is 0 Å². The normalized spacial score (nSPS) is 14.0. The highest BCUT2D eigenvalue weighted by atomic mass is 16.5. The van der Waals surface area contributed by atoms with Gasteiger partial charge in [0.05, 0.1) is 24.2 Å². The lowest BCUT2D eigenvalue weighted by molar-refractivity contribution is -0.129. The summed E-state index contributed by atoms with van der Waals surface area (Å²) in [5, 5.41) is 2.84. The monoisotopic (exact) mass is 368 g/mol. The molecule has 0 bridgehead atoms. The van der Waals surface area contributed by atoms with Gasteiger partial charge in [0.2, 0.25) is 5.91 Å². The Balaban J connectivity index is 1.64. The number of hydrogen-bond donors (Lipinski definition) is 1. The van der Waals surface area contributed by atoms with Crippen molar-refractivity contribution in [1.29, 1.82) is 0 Å². The van der Waals surface area contributed by atoms with Crippen LogP contribution in [0.3, 0.4) is 0 Å². The maximum atomic E-state index is 12.5. The van der Waals surface area contributed by atoms with Gasteiger partial charge >= 0.3 is 0 Å². The molecule has 0 saturated carbocycles. The fourth-order valence-corrected chi connectivity index (χ4v) is 3.02. The van der Waals surface area contributed by atoms with Gasteiger partial charge in [-0.1, -0.05) is 12.1 Å². The molecule has 7 nitrogen and oxygen atoms in total. The summed E-state index contributed by atoms with van der Waals surface area (Å²) in [7, 11) is 0. The van der Waals surface area contributed by atoms with E-state index < -0.39 is 0 Å². The highest BCUT2D eigenvalue weighted by Crippen LogP contribution is 2.24. The third-order valence-electron chi connectivity index (χ3n) is 4.51. The summed E-state index contributed by atoms with van der Waals surface area (Å²) in [6, 6.07) is 10.9. The summed E-state index contributed by atoms with van der Waals surface area (Å²) in [6.45, 7) is 6.93. The molecule has 1 aliphatic heterocycles. The van der Waals surface area contributed by atoms with Crippen LogP contribution in [-0.4, -0.2) is 54.5 Å². The number of nitrogens with zero attached hydrogens (tertiary/aromatic N) is 3. The first kappa shape index (κ1) is 18.7. The van der Waals surface area contributed by atoms with E-state index in [-0.39, 0.29) is 11.8 Å². The Bertz CT molecular complexity index is 799. The molecule has 2 aromatic rings. The third-order valence-corrected chi connectivity index (χ3v) is 4.51. The minimum absolute atomic E-state index is 0.104. The minimum atomic E-state index is -0.282. The summed E-state index contributed by atoms with van der Waals surface area (Å²) in [4.78, 5) is 32.2. The zero-order valence-electron chi connectivity index (χ0n) is 15.6. The lowest BCUT2D eigenvalue weighted by Gasteiger charge is -2.35. The van der Waals surface area contributed by atoms with Crippen molar-refractivity contribution in [3.05, 3.63) is 48.3 Å². The molecule has 1 saturated heterocycles. The van der Waals surface area contributed by atoms with Crippen LogP contribution in [0.5, 0.6) is 5.75 Å². The average molecular weight is 368 g/mol. The van der Waals surface area contributed by atoms with Crippen molar-refractivity contribution in [2.75, 3.05) is 43.0 Å². The molecular formula is C20H24N4O3. The van der Waals surface area contributed by atoms with Crippen LogP contribution in [0.1, 0.15) is 24.3 Å². The third kappa shape index (κ3) is 4.55. The smallest absolute Gasteiger partial charge is 0.274 e. The van der Waals surface area contributed by atoms with Crippen LogP contribution in [0, 0.1) is 0 Å². The highest BCUT2D eigenvalue weighted by molar-refractivity contribution is 6.03. The van der Waals surface area contributed by atoms with E-state index in [1.165, 1.54) is 0 Å². The van der Waals surface area contributed by atoms with Crippen LogP contribution in [0.2, 0.25) is 0 Å². The number of amides is 2. The predicted molar refractivity (Wildman–Crippen MR) is 104 cm³/mol. The molecule has 0 atom stereocenters. The second kappa shape index (κ2) is 8.53. The Labute approximate surface area is 158 Å². The molecule has 2 heterocycles. The van der Waals surface area contributed by atoms with E-state index in [1.54, 1.807) is 25.3 Å². The Hall–Kier alpha value is -3.09. The van der Waals surface area contributed by atoms with E-state index in [4.69, 9.17) is 4.74 Å². The van der Waals surface area contributed by atoms with Gasteiger partial charge in [-0.05, 0) is 31.2 Å². The number of pyridine rings is 1. The first-order valence-electron chi connectivity index (χ1n) is 9.08. The molecule has 7 heteroatoms. The van der Waals surface area contributed by atoms with Crippen LogP contribution in [-0.2, 0) is 4.79 Å². The first-order chi connectivity index (χ1) is 13.1. The molecule has 27 heavy (non-hydrogen) atoms. The van der Waals surface area contributed by atoms with Crippen LogP contribution in [0.15, 0.2) is 42.6 Å². The first-order valence-corrected chi connectivity index (χ1v) is 9.08. The van der Waals surface area contributed by atoms with Crippen molar-refractivity contribution in [2.45, 2.75) is 13.8 Å². The van der Waals surface area contributed by atoms with E-state index in [9.17, 15) is 9.59 Å². The topological polar surface area (TPSA) is 74.8 Å². The number of ether oxygens (including phenoxy) is 1. The molecule has 2 amide bonds. The van der Waals surface area contributed by atoms with E-state index in [2.05, 4.69) is 15.2 Å². The number of para-hydroxylation sites is 2. The van der Waals surface area contributed by atoms with Gasteiger partial charge in [0, 0.05) is 33.1 Å². The predicted octanol–water partition coefficient (Wildman–Crippen LogP) is 2.40. The summed E-state index contributed by atoms with van der Waals surface area (Å²) in [5.74, 6) is 0.454. The van der Waals surface area contributed by atoms with Gasteiger partial charge in [-0.15, -0.1) is 0 Å².